The fourth-order valence-electron chi connectivity index (χ4n) is 2.96. The molecule has 0 unspecified atom stereocenters. The van der Waals surface area contributed by atoms with Crippen LogP contribution < -0.4 is 19.6 Å². The maximum absolute atomic E-state index is 12.5. The van der Waals surface area contributed by atoms with Crippen molar-refractivity contribution in [3.63, 3.8) is 0 Å². The number of aromatic amines is 1. The number of benzene rings is 2. The predicted octanol–water partition coefficient (Wildman–Crippen LogP) is 4.63. The highest BCUT2D eigenvalue weighted by Gasteiger charge is 2.14. The van der Waals surface area contributed by atoms with Crippen LogP contribution in [0.1, 0.15) is 43.1 Å². The van der Waals surface area contributed by atoms with Gasteiger partial charge in [-0.25, -0.2) is 10.4 Å². The van der Waals surface area contributed by atoms with Crippen molar-refractivity contribution in [2.75, 3.05) is 20.8 Å². The lowest BCUT2D eigenvalue weighted by Gasteiger charge is -2.14. The summed E-state index contributed by atoms with van der Waals surface area (Å²) in [5.74, 6) is 1.29. The minimum Gasteiger partial charge on any atom is -0.493 e. The molecule has 0 radical (unpaired) electrons. The van der Waals surface area contributed by atoms with Gasteiger partial charge in [0.2, 0.25) is 5.75 Å². The van der Waals surface area contributed by atoms with Gasteiger partial charge in [-0.1, -0.05) is 32.5 Å². The molecule has 3 rings (SSSR count). The van der Waals surface area contributed by atoms with Crippen molar-refractivity contribution in [1.29, 1.82) is 0 Å². The topological polar surface area (TPSA) is 97.8 Å². The van der Waals surface area contributed by atoms with Crippen LogP contribution in [0.2, 0.25) is 0 Å². The van der Waals surface area contributed by atoms with E-state index in [1.54, 1.807) is 50.2 Å². The minimum atomic E-state index is -0.322. The third-order valence-corrected chi connectivity index (χ3v) is 5.27. The fraction of sp³-hybridized carbons (Fsp3) is 0.348. The first-order valence-electron chi connectivity index (χ1n) is 10.3. The summed E-state index contributed by atoms with van der Waals surface area (Å²) in [6, 6.07) is 8.86. The number of hydrogen-bond acceptors (Lipinski definition) is 7. The van der Waals surface area contributed by atoms with Crippen molar-refractivity contribution in [2.24, 2.45) is 5.10 Å². The Hall–Kier alpha value is -3.20. The molecule has 3 aromatic rings. The molecule has 1 amide bonds. The van der Waals surface area contributed by atoms with Crippen LogP contribution in [0.5, 0.6) is 17.2 Å². The molecule has 0 bridgehead atoms. The molecular formula is C23H28N4O4S. The lowest BCUT2D eigenvalue weighted by Crippen LogP contribution is -2.17. The smallest absolute Gasteiger partial charge is 0.271 e. The van der Waals surface area contributed by atoms with Crippen molar-refractivity contribution in [3.05, 3.63) is 41.5 Å². The summed E-state index contributed by atoms with van der Waals surface area (Å²) in [5, 5.41) is 5.33. The first-order valence-corrected chi connectivity index (χ1v) is 11.2. The second kappa shape index (κ2) is 10.9. The number of hydrogen-bond donors (Lipinski definition) is 2. The zero-order chi connectivity index (χ0) is 23.1. The molecule has 0 aliphatic heterocycles. The van der Waals surface area contributed by atoms with Gasteiger partial charge in [-0.05, 0) is 36.8 Å². The van der Waals surface area contributed by atoms with Gasteiger partial charge in [0, 0.05) is 16.4 Å². The highest BCUT2D eigenvalue weighted by Crippen LogP contribution is 2.38. The Morgan fingerprint density at radius 2 is 1.94 bits per heavy atom. The van der Waals surface area contributed by atoms with Crippen LogP contribution in [-0.2, 0) is 0 Å². The van der Waals surface area contributed by atoms with Gasteiger partial charge in [0.15, 0.2) is 16.7 Å². The van der Waals surface area contributed by atoms with Crippen molar-refractivity contribution < 1.29 is 19.0 Å². The third kappa shape index (κ3) is 5.73. The Kier molecular flexibility index (Phi) is 7.99. The number of carbonyl (C=O) groups excluding carboxylic acids is 1. The summed E-state index contributed by atoms with van der Waals surface area (Å²) in [4.78, 5) is 20.3. The van der Waals surface area contributed by atoms with Gasteiger partial charge in [0.1, 0.15) is 0 Å². The number of methoxy groups -OCH3 is 2. The maximum Gasteiger partial charge on any atom is 0.271 e. The van der Waals surface area contributed by atoms with Gasteiger partial charge >= 0.3 is 0 Å². The number of carbonyl (C=O) groups is 1. The molecule has 0 aliphatic carbocycles. The Bertz CT molecular complexity index is 1090. The van der Waals surface area contributed by atoms with Crippen molar-refractivity contribution in [1.82, 2.24) is 15.4 Å². The van der Waals surface area contributed by atoms with Gasteiger partial charge in [-0.3, -0.25) is 4.79 Å². The molecule has 170 valence electrons. The van der Waals surface area contributed by atoms with Crippen LogP contribution in [0.25, 0.3) is 11.0 Å². The highest BCUT2D eigenvalue weighted by atomic mass is 32.2. The van der Waals surface area contributed by atoms with Gasteiger partial charge in [-0.2, -0.15) is 5.10 Å². The van der Waals surface area contributed by atoms with Gasteiger partial charge in [0.05, 0.1) is 38.1 Å². The molecule has 2 N–H and O–H groups in total. The van der Waals surface area contributed by atoms with Crippen LogP contribution >= 0.6 is 11.8 Å². The largest absolute Gasteiger partial charge is 0.493 e. The first kappa shape index (κ1) is 23.5. The number of thioether (sulfide) groups is 1. The number of aromatic nitrogens is 2. The number of H-pyrrole nitrogens is 1. The number of ether oxygens (including phenoxy) is 3. The summed E-state index contributed by atoms with van der Waals surface area (Å²) in [7, 11) is 3.12. The number of nitrogens with zero attached hydrogens (tertiary/aromatic N) is 2. The maximum atomic E-state index is 12.5. The quantitative estimate of drug-likeness (QED) is 0.262. The summed E-state index contributed by atoms with van der Waals surface area (Å²) in [5.41, 5.74) is 5.36. The molecular weight excluding hydrogens is 428 g/mol. The summed E-state index contributed by atoms with van der Waals surface area (Å²) >= 11 is 1.64. The molecule has 1 heterocycles. The van der Waals surface area contributed by atoms with Crippen LogP contribution in [-0.4, -0.2) is 48.2 Å². The van der Waals surface area contributed by atoms with Crippen LogP contribution in [0, 0.1) is 0 Å². The van der Waals surface area contributed by atoms with Gasteiger partial charge < -0.3 is 19.2 Å². The zero-order valence-corrected chi connectivity index (χ0v) is 19.7. The van der Waals surface area contributed by atoms with E-state index in [0.717, 1.165) is 22.6 Å². The van der Waals surface area contributed by atoms with Crippen LogP contribution in [0.3, 0.4) is 0 Å². The molecule has 1 aromatic heterocycles. The summed E-state index contributed by atoms with van der Waals surface area (Å²) in [6.07, 6.45) is 2.39. The highest BCUT2D eigenvalue weighted by molar-refractivity contribution is 7.99. The van der Waals surface area contributed by atoms with E-state index in [0.29, 0.717) is 40.2 Å². The van der Waals surface area contributed by atoms with Crippen LogP contribution in [0.4, 0.5) is 0 Å². The van der Waals surface area contributed by atoms with Crippen molar-refractivity contribution >= 4 is 34.9 Å². The van der Waals surface area contributed by atoms with E-state index in [2.05, 4.69) is 34.3 Å². The lowest BCUT2D eigenvalue weighted by molar-refractivity contribution is 0.0955. The Morgan fingerprint density at radius 3 is 2.56 bits per heavy atom. The molecule has 32 heavy (non-hydrogen) atoms. The van der Waals surface area contributed by atoms with Crippen molar-refractivity contribution in [2.45, 2.75) is 37.6 Å². The molecule has 0 fully saturated rings. The second-order valence-corrected chi connectivity index (χ2v) is 8.81. The predicted molar refractivity (Wildman–Crippen MR) is 127 cm³/mol. The van der Waals surface area contributed by atoms with Gasteiger partial charge in [-0.15, -0.1) is 0 Å². The Balaban J connectivity index is 1.73. The van der Waals surface area contributed by atoms with E-state index in [9.17, 15) is 4.79 Å². The van der Waals surface area contributed by atoms with E-state index in [4.69, 9.17) is 14.2 Å². The average molecular weight is 457 g/mol. The Morgan fingerprint density at radius 1 is 1.22 bits per heavy atom. The number of fused-ring (bicyclic) bond motifs is 1. The molecule has 0 saturated carbocycles. The molecule has 0 aliphatic rings. The van der Waals surface area contributed by atoms with Crippen molar-refractivity contribution in [3.8, 4) is 17.2 Å². The normalized spacial score (nSPS) is 11.3. The number of nitrogens with one attached hydrogen (secondary N) is 2. The molecule has 2 aromatic carbocycles. The Labute approximate surface area is 191 Å². The molecule has 0 atom stereocenters. The van der Waals surface area contributed by atoms with E-state index in [-0.39, 0.29) is 5.91 Å². The number of hydrazone groups is 1. The SMILES string of the molecule is CCCOc1c(OC)cc(/C=N\NC(=O)c2ccc3nc(SC(C)C)[nH]c3c2)cc1OC. The monoisotopic (exact) mass is 456 g/mol. The average Bonchev–Trinajstić information content (AvgIpc) is 3.17. The van der Waals surface area contributed by atoms with E-state index in [1.807, 2.05) is 13.0 Å². The van der Waals surface area contributed by atoms with E-state index < -0.39 is 0 Å². The number of imidazole rings is 1. The third-order valence-electron chi connectivity index (χ3n) is 4.38. The molecule has 0 spiro atoms. The lowest BCUT2D eigenvalue weighted by atomic mass is 10.2. The first-order chi connectivity index (χ1) is 15.4. The minimum absolute atomic E-state index is 0.322. The fourth-order valence-corrected chi connectivity index (χ4v) is 3.72. The molecule has 8 nitrogen and oxygen atoms in total. The van der Waals surface area contributed by atoms with E-state index >= 15 is 0 Å². The summed E-state index contributed by atoms with van der Waals surface area (Å²) in [6.45, 7) is 6.78. The standard InChI is InChI=1S/C23H28N4O4S/c1-6-9-31-21-19(29-4)10-15(11-20(21)30-5)13-24-27-22(28)16-7-8-17-18(12-16)26-23(25-17)32-14(2)3/h7-8,10-14H,6,9H2,1-5H3,(H,25,26)(H,27,28)/b24-13-. The second-order valence-electron chi connectivity index (χ2n) is 7.24. The zero-order valence-electron chi connectivity index (χ0n) is 18.9. The number of amides is 1. The molecule has 0 saturated heterocycles. The molecule has 9 heteroatoms. The van der Waals surface area contributed by atoms with E-state index in [1.165, 1.54) is 6.21 Å². The van der Waals surface area contributed by atoms with Crippen LogP contribution in [0.15, 0.2) is 40.6 Å². The van der Waals surface area contributed by atoms with Gasteiger partial charge in [0.25, 0.3) is 5.91 Å². The summed E-state index contributed by atoms with van der Waals surface area (Å²) < 4.78 is 16.6. The number of rotatable bonds is 10.